The molecular formula is C10H7ClN2OS. The van der Waals surface area contributed by atoms with Crippen LogP contribution in [0.4, 0.5) is 0 Å². The molecule has 0 atom stereocenters. The zero-order chi connectivity index (χ0) is 10.8. The Balaban J connectivity index is 2.68. The van der Waals surface area contributed by atoms with Crippen LogP contribution in [0.2, 0.25) is 5.15 Å². The van der Waals surface area contributed by atoms with E-state index in [9.17, 15) is 4.79 Å². The fraction of sp³-hybridized carbons (Fsp3) is 0.100. The number of nitrogens with zero attached hydrogens (tertiary/aromatic N) is 2. The molecule has 0 unspecified atom stereocenters. The first-order valence-electron chi connectivity index (χ1n) is 4.24. The second kappa shape index (κ2) is 4.08. The molecule has 0 aliphatic carbocycles. The third-order valence-corrected chi connectivity index (χ3v) is 3.35. The Labute approximate surface area is 95.8 Å². The van der Waals surface area contributed by atoms with Crippen molar-refractivity contribution in [2.45, 2.75) is 6.92 Å². The molecule has 2 aromatic rings. The minimum Gasteiger partial charge on any atom is -0.298 e. The number of carbonyl (C=O) groups excluding carboxylic acids is 1. The van der Waals surface area contributed by atoms with Crippen molar-refractivity contribution < 1.29 is 4.79 Å². The summed E-state index contributed by atoms with van der Waals surface area (Å²) >= 11 is 7.35. The first-order valence-corrected chi connectivity index (χ1v) is 5.50. The minimum atomic E-state index is 0.197. The maximum atomic E-state index is 10.9. The largest absolute Gasteiger partial charge is 0.298 e. The van der Waals surface area contributed by atoms with Crippen molar-refractivity contribution in [3.63, 3.8) is 0 Å². The van der Waals surface area contributed by atoms with Crippen LogP contribution in [0.15, 0.2) is 17.8 Å². The van der Waals surface area contributed by atoms with Gasteiger partial charge in [-0.1, -0.05) is 11.6 Å². The van der Waals surface area contributed by atoms with Crippen molar-refractivity contribution >= 4 is 29.2 Å². The molecule has 0 fully saturated rings. The van der Waals surface area contributed by atoms with Gasteiger partial charge in [0, 0.05) is 0 Å². The highest BCUT2D eigenvalue weighted by Crippen LogP contribution is 2.31. The SMILES string of the molecule is Cc1ccsc1-c1ncnc(Cl)c1C=O. The molecule has 0 saturated heterocycles. The molecule has 0 N–H and O–H groups in total. The van der Waals surface area contributed by atoms with E-state index in [0.717, 1.165) is 10.4 Å². The van der Waals surface area contributed by atoms with Gasteiger partial charge in [0.1, 0.15) is 11.5 Å². The van der Waals surface area contributed by atoms with Gasteiger partial charge in [0.05, 0.1) is 16.1 Å². The molecule has 0 saturated carbocycles. The number of aromatic nitrogens is 2. The van der Waals surface area contributed by atoms with Crippen LogP contribution in [-0.4, -0.2) is 16.3 Å². The van der Waals surface area contributed by atoms with Gasteiger partial charge in [0.15, 0.2) is 6.29 Å². The van der Waals surface area contributed by atoms with Crippen LogP contribution in [0.3, 0.4) is 0 Å². The number of halogens is 1. The van der Waals surface area contributed by atoms with E-state index in [1.165, 1.54) is 17.7 Å². The molecule has 5 heteroatoms. The Kier molecular flexibility index (Phi) is 2.79. The lowest BCUT2D eigenvalue weighted by Gasteiger charge is -2.02. The lowest BCUT2D eigenvalue weighted by atomic mass is 10.1. The van der Waals surface area contributed by atoms with Crippen LogP contribution in [0.25, 0.3) is 10.6 Å². The zero-order valence-corrected chi connectivity index (χ0v) is 9.47. The molecule has 0 amide bonds. The molecular weight excluding hydrogens is 232 g/mol. The third kappa shape index (κ3) is 1.78. The molecule has 2 rings (SSSR count). The number of hydrogen-bond donors (Lipinski definition) is 0. The van der Waals surface area contributed by atoms with Gasteiger partial charge in [0.25, 0.3) is 0 Å². The highest BCUT2D eigenvalue weighted by molar-refractivity contribution is 7.13. The Morgan fingerprint density at radius 1 is 1.47 bits per heavy atom. The summed E-state index contributed by atoms with van der Waals surface area (Å²) in [6.07, 6.45) is 2.06. The topological polar surface area (TPSA) is 42.9 Å². The highest BCUT2D eigenvalue weighted by Gasteiger charge is 2.13. The average Bonchev–Trinajstić information content (AvgIpc) is 2.64. The predicted molar refractivity (Wildman–Crippen MR) is 60.5 cm³/mol. The summed E-state index contributed by atoms with van der Waals surface area (Å²) < 4.78 is 0. The number of aryl methyl sites for hydroxylation is 1. The zero-order valence-electron chi connectivity index (χ0n) is 7.90. The van der Waals surface area contributed by atoms with Crippen LogP contribution in [0.1, 0.15) is 15.9 Å². The number of aldehydes is 1. The van der Waals surface area contributed by atoms with Crippen molar-refractivity contribution in [1.29, 1.82) is 0 Å². The normalized spacial score (nSPS) is 10.3. The Hall–Kier alpha value is -1.26. The van der Waals surface area contributed by atoms with Crippen LogP contribution in [0, 0.1) is 6.92 Å². The van der Waals surface area contributed by atoms with Gasteiger partial charge in [-0.3, -0.25) is 4.79 Å². The van der Waals surface area contributed by atoms with Crippen LogP contribution >= 0.6 is 22.9 Å². The monoisotopic (exact) mass is 238 g/mol. The molecule has 15 heavy (non-hydrogen) atoms. The van der Waals surface area contributed by atoms with E-state index in [4.69, 9.17) is 11.6 Å². The fourth-order valence-electron chi connectivity index (χ4n) is 1.27. The molecule has 0 radical (unpaired) electrons. The molecule has 0 aromatic carbocycles. The summed E-state index contributed by atoms with van der Waals surface area (Å²) in [6, 6.07) is 1.98. The Morgan fingerprint density at radius 3 is 2.87 bits per heavy atom. The van der Waals surface area contributed by atoms with Crippen molar-refractivity contribution in [2.75, 3.05) is 0 Å². The van der Waals surface area contributed by atoms with E-state index in [-0.39, 0.29) is 5.15 Å². The second-order valence-corrected chi connectivity index (χ2v) is 4.25. The first-order chi connectivity index (χ1) is 7.24. The molecule has 0 aliphatic heterocycles. The maximum absolute atomic E-state index is 10.9. The lowest BCUT2D eigenvalue weighted by molar-refractivity contribution is 0.112. The van der Waals surface area contributed by atoms with Gasteiger partial charge in [-0.05, 0) is 23.9 Å². The summed E-state index contributed by atoms with van der Waals surface area (Å²) in [4.78, 5) is 19.7. The van der Waals surface area contributed by atoms with E-state index in [0.29, 0.717) is 17.5 Å². The summed E-state index contributed by atoms with van der Waals surface area (Å²) in [6.45, 7) is 1.97. The Bertz CT molecular complexity index is 510. The summed E-state index contributed by atoms with van der Waals surface area (Å²) in [5.41, 5.74) is 2.04. The van der Waals surface area contributed by atoms with E-state index in [1.807, 2.05) is 18.4 Å². The van der Waals surface area contributed by atoms with E-state index >= 15 is 0 Å². The van der Waals surface area contributed by atoms with Crippen molar-refractivity contribution in [3.05, 3.63) is 34.1 Å². The van der Waals surface area contributed by atoms with Gasteiger partial charge >= 0.3 is 0 Å². The fourth-order valence-corrected chi connectivity index (χ4v) is 2.39. The molecule has 0 spiro atoms. The quantitative estimate of drug-likeness (QED) is 0.597. The van der Waals surface area contributed by atoms with Crippen molar-refractivity contribution in [3.8, 4) is 10.6 Å². The highest BCUT2D eigenvalue weighted by atomic mass is 35.5. The molecule has 2 heterocycles. The third-order valence-electron chi connectivity index (χ3n) is 2.03. The van der Waals surface area contributed by atoms with Gasteiger partial charge in [-0.2, -0.15) is 0 Å². The number of rotatable bonds is 2. The first kappa shape index (κ1) is 10.3. The minimum absolute atomic E-state index is 0.197. The van der Waals surface area contributed by atoms with E-state index in [2.05, 4.69) is 9.97 Å². The van der Waals surface area contributed by atoms with Gasteiger partial charge in [0.2, 0.25) is 0 Å². The predicted octanol–water partition coefficient (Wildman–Crippen LogP) is 2.98. The maximum Gasteiger partial charge on any atom is 0.155 e. The van der Waals surface area contributed by atoms with Crippen LogP contribution < -0.4 is 0 Å². The number of carbonyl (C=O) groups is 1. The summed E-state index contributed by atoms with van der Waals surface area (Å²) in [7, 11) is 0. The van der Waals surface area contributed by atoms with Crippen LogP contribution in [0.5, 0.6) is 0 Å². The van der Waals surface area contributed by atoms with Crippen molar-refractivity contribution in [2.24, 2.45) is 0 Å². The average molecular weight is 239 g/mol. The van der Waals surface area contributed by atoms with Gasteiger partial charge in [-0.15, -0.1) is 11.3 Å². The molecule has 3 nitrogen and oxygen atoms in total. The lowest BCUT2D eigenvalue weighted by Crippen LogP contribution is -1.94. The molecule has 0 bridgehead atoms. The Morgan fingerprint density at radius 2 is 2.27 bits per heavy atom. The summed E-state index contributed by atoms with van der Waals surface area (Å²) in [5, 5.41) is 2.15. The summed E-state index contributed by atoms with van der Waals surface area (Å²) in [5.74, 6) is 0. The molecule has 0 aliphatic rings. The number of thiophene rings is 1. The molecule has 76 valence electrons. The molecule has 2 aromatic heterocycles. The van der Waals surface area contributed by atoms with Crippen molar-refractivity contribution in [1.82, 2.24) is 9.97 Å². The van der Waals surface area contributed by atoms with Crippen LogP contribution in [-0.2, 0) is 0 Å². The van der Waals surface area contributed by atoms with Gasteiger partial charge in [-0.25, -0.2) is 9.97 Å². The number of hydrogen-bond acceptors (Lipinski definition) is 4. The van der Waals surface area contributed by atoms with E-state index in [1.54, 1.807) is 0 Å². The smallest absolute Gasteiger partial charge is 0.155 e. The van der Waals surface area contributed by atoms with Gasteiger partial charge < -0.3 is 0 Å². The van der Waals surface area contributed by atoms with E-state index < -0.39 is 0 Å². The second-order valence-electron chi connectivity index (χ2n) is 2.98. The standard InChI is InChI=1S/C10H7ClN2OS/c1-6-2-3-15-9(6)8-7(4-14)10(11)13-5-12-8/h2-5H,1H3.